The zero-order valence-electron chi connectivity index (χ0n) is 12.9. The van der Waals surface area contributed by atoms with Gasteiger partial charge in [-0.05, 0) is 38.7 Å². The highest BCUT2D eigenvalue weighted by Gasteiger charge is 2.40. The SMILES string of the molecule is Cc1nc(C(C)NC(=O)NC2(c3ccccc3)CCC2)cs1. The summed E-state index contributed by atoms with van der Waals surface area (Å²) in [4.78, 5) is 16.8. The van der Waals surface area contributed by atoms with Gasteiger partial charge in [-0.15, -0.1) is 11.3 Å². The number of rotatable bonds is 4. The van der Waals surface area contributed by atoms with Crippen molar-refractivity contribution in [3.8, 4) is 0 Å². The van der Waals surface area contributed by atoms with E-state index in [1.54, 1.807) is 11.3 Å². The molecule has 1 fully saturated rings. The number of carbonyl (C=O) groups is 1. The predicted octanol–water partition coefficient (Wildman–Crippen LogP) is 3.89. The molecule has 1 heterocycles. The molecule has 1 atom stereocenters. The van der Waals surface area contributed by atoms with Crippen LogP contribution in [0.5, 0.6) is 0 Å². The lowest BCUT2D eigenvalue weighted by Gasteiger charge is -2.43. The molecular weight excluding hydrogens is 294 g/mol. The van der Waals surface area contributed by atoms with Crippen LogP contribution in [0.2, 0.25) is 0 Å². The molecule has 0 spiro atoms. The molecule has 1 saturated carbocycles. The van der Waals surface area contributed by atoms with Crippen molar-refractivity contribution in [1.82, 2.24) is 15.6 Å². The highest BCUT2D eigenvalue weighted by Crippen LogP contribution is 2.41. The van der Waals surface area contributed by atoms with Gasteiger partial charge in [-0.3, -0.25) is 0 Å². The van der Waals surface area contributed by atoms with Gasteiger partial charge < -0.3 is 10.6 Å². The van der Waals surface area contributed by atoms with E-state index in [-0.39, 0.29) is 17.6 Å². The summed E-state index contributed by atoms with van der Waals surface area (Å²) in [6.07, 6.45) is 3.14. The second-order valence-electron chi connectivity index (χ2n) is 5.91. The first-order valence-electron chi connectivity index (χ1n) is 7.65. The fourth-order valence-corrected chi connectivity index (χ4v) is 3.58. The van der Waals surface area contributed by atoms with Crippen molar-refractivity contribution in [2.75, 3.05) is 0 Å². The van der Waals surface area contributed by atoms with Crippen LogP contribution in [-0.4, -0.2) is 11.0 Å². The first kappa shape index (κ1) is 15.0. The Labute approximate surface area is 135 Å². The fraction of sp³-hybridized carbons (Fsp3) is 0.412. The summed E-state index contributed by atoms with van der Waals surface area (Å²) in [6, 6.07) is 10.0. The standard InChI is InChI=1S/C17H21N3OS/c1-12(15-11-22-13(2)19-15)18-16(21)20-17(9-6-10-17)14-7-4-3-5-8-14/h3-5,7-8,11-12H,6,9-10H2,1-2H3,(H2,18,20,21). The molecule has 1 aromatic carbocycles. The number of nitrogens with one attached hydrogen (secondary N) is 2. The summed E-state index contributed by atoms with van der Waals surface area (Å²) in [5.41, 5.74) is 1.90. The normalized spacial score (nSPS) is 17.4. The minimum absolute atomic E-state index is 0.0853. The van der Waals surface area contributed by atoms with E-state index in [9.17, 15) is 4.79 Å². The van der Waals surface area contributed by atoms with Gasteiger partial charge in [-0.25, -0.2) is 9.78 Å². The summed E-state index contributed by atoms with van der Waals surface area (Å²) >= 11 is 1.60. The smallest absolute Gasteiger partial charge is 0.316 e. The molecule has 0 radical (unpaired) electrons. The minimum atomic E-state index is -0.205. The number of nitrogens with zero attached hydrogens (tertiary/aromatic N) is 1. The zero-order chi connectivity index (χ0) is 15.6. The molecule has 4 nitrogen and oxygen atoms in total. The maximum absolute atomic E-state index is 12.4. The van der Waals surface area contributed by atoms with Crippen LogP contribution in [0.15, 0.2) is 35.7 Å². The molecule has 5 heteroatoms. The Kier molecular flexibility index (Phi) is 4.16. The number of aryl methyl sites for hydroxylation is 1. The van der Waals surface area contributed by atoms with E-state index in [1.807, 2.05) is 37.4 Å². The summed E-state index contributed by atoms with van der Waals surface area (Å²) in [6.45, 7) is 3.93. The quantitative estimate of drug-likeness (QED) is 0.899. The molecule has 0 bridgehead atoms. The van der Waals surface area contributed by atoms with Crippen molar-refractivity contribution in [1.29, 1.82) is 0 Å². The first-order valence-corrected chi connectivity index (χ1v) is 8.53. The summed E-state index contributed by atoms with van der Waals surface area (Å²) in [7, 11) is 0. The van der Waals surface area contributed by atoms with Crippen molar-refractivity contribution < 1.29 is 4.79 Å². The van der Waals surface area contributed by atoms with Gasteiger partial charge in [0.05, 0.1) is 22.3 Å². The summed E-state index contributed by atoms with van der Waals surface area (Å²) in [5.74, 6) is 0. The lowest BCUT2D eigenvalue weighted by atomic mass is 9.72. The Morgan fingerprint density at radius 3 is 2.59 bits per heavy atom. The number of hydrogen-bond acceptors (Lipinski definition) is 3. The third kappa shape index (κ3) is 2.99. The molecule has 3 rings (SSSR count). The molecule has 2 amide bonds. The Bertz CT molecular complexity index is 649. The first-order chi connectivity index (χ1) is 10.6. The van der Waals surface area contributed by atoms with Gasteiger partial charge in [0.2, 0.25) is 0 Å². The highest BCUT2D eigenvalue weighted by molar-refractivity contribution is 7.09. The van der Waals surface area contributed by atoms with Gasteiger partial charge in [0.1, 0.15) is 0 Å². The molecule has 0 saturated heterocycles. The van der Waals surface area contributed by atoms with Gasteiger partial charge >= 0.3 is 6.03 Å². The topological polar surface area (TPSA) is 54.0 Å². The molecule has 1 aliphatic rings. The number of benzene rings is 1. The fourth-order valence-electron chi connectivity index (χ4n) is 2.88. The maximum atomic E-state index is 12.4. The van der Waals surface area contributed by atoms with E-state index in [2.05, 4.69) is 27.8 Å². The van der Waals surface area contributed by atoms with Crippen LogP contribution in [0.3, 0.4) is 0 Å². The Hall–Kier alpha value is -1.88. The largest absolute Gasteiger partial charge is 0.330 e. The van der Waals surface area contributed by atoms with E-state index in [0.29, 0.717) is 0 Å². The van der Waals surface area contributed by atoms with Crippen molar-refractivity contribution >= 4 is 17.4 Å². The van der Waals surface area contributed by atoms with Gasteiger partial charge in [0, 0.05) is 5.38 Å². The number of thiazole rings is 1. The van der Waals surface area contributed by atoms with Gasteiger partial charge in [0.15, 0.2) is 0 Å². The van der Waals surface area contributed by atoms with E-state index >= 15 is 0 Å². The summed E-state index contributed by atoms with van der Waals surface area (Å²) < 4.78 is 0. The molecule has 2 N–H and O–H groups in total. The molecule has 2 aromatic rings. The van der Waals surface area contributed by atoms with Crippen molar-refractivity contribution in [3.63, 3.8) is 0 Å². The number of urea groups is 1. The van der Waals surface area contributed by atoms with E-state index < -0.39 is 0 Å². The molecule has 22 heavy (non-hydrogen) atoms. The van der Waals surface area contributed by atoms with E-state index in [4.69, 9.17) is 0 Å². The maximum Gasteiger partial charge on any atom is 0.316 e. The Morgan fingerprint density at radius 1 is 1.32 bits per heavy atom. The van der Waals surface area contributed by atoms with Crippen molar-refractivity contribution in [2.45, 2.75) is 44.7 Å². The second-order valence-corrected chi connectivity index (χ2v) is 6.98. The molecular formula is C17H21N3OS. The third-order valence-corrected chi connectivity index (χ3v) is 5.11. The van der Waals surface area contributed by atoms with Crippen molar-refractivity contribution in [3.05, 3.63) is 52.0 Å². The molecule has 1 aliphatic carbocycles. The van der Waals surface area contributed by atoms with Crippen molar-refractivity contribution in [2.24, 2.45) is 0 Å². The lowest BCUT2D eigenvalue weighted by Crippen LogP contribution is -2.54. The molecule has 0 aliphatic heterocycles. The minimum Gasteiger partial charge on any atom is -0.330 e. The Balaban J connectivity index is 1.66. The van der Waals surface area contributed by atoms with Crippen LogP contribution in [0.4, 0.5) is 4.79 Å². The average Bonchev–Trinajstić information content (AvgIpc) is 2.90. The monoisotopic (exact) mass is 315 g/mol. The van der Waals surface area contributed by atoms with Gasteiger partial charge in [-0.1, -0.05) is 30.3 Å². The van der Waals surface area contributed by atoms with Gasteiger partial charge in [0.25, 0.3) is 0 Å². The molecule has 116 valence electrons. The number of hydrogen-bond donors (Lipinski definition) is 2. The number of amides is 2. The van der Waals surface area contributed by atoms with Crippen LogP contribution in [-0.2, 0) is 5.54 Å². The van der Waals surface area contributed by atoms with Crippen LogP contribution in [0.25, 0.3) is 0 Å². The van der Waals surface area contributed by atoms with E-state index in [1.165, 1.54) is 5.56 Å². The highest BCUT2D eigenvalue weighted by atomic mass is 32.1. The number of carbonyl (C=O) groups excluding carboxylic acids is 1. The molecule has 1 unspecified atom stereocenters. The predicted molar refractivity (Wildman–Crippen MR) is 88.9 cm³/mol. The third-order valence-electron chi connectivity index (χ3n) is 4.31. The average molecular weight is 315 g/mol. The van der Waals surface area contributed by atoms with Crippen LogP contribution < -0.4 is 10.6 Å². The molecule has 1 aromatic heterocycles. The zero-order valence-corrected chi connectivity index (χ0v) is 13.7. The Morgan fingerprint density at radius 2 is 2.05 bits per heavy atom. The van der Waals surface area contributed by atoms with Gasteiger partial charge in [-0.2, -0.15) is 0 Å². The van der Waals surface area contributed by atoms with Crippen LogP contribution in [0.1, 0.15) is 48.5 Å². The van der Waals surface area contributed by atoms with E-state index in [0.717, 1.165) is 30.0 Å². The second kappa shape index (κ2) is 6.08. The lowest BCUT2D eigenvalue weighted by molar-refractivity contribution is 0.175. The van der Waals surface area contributed by atoms with Crippen LogP contribution >= 0.6 is 11.3 Å². The summed E-state index contributed by atoms with van der Waals surface area (Å²) in [5, 5.41) is 9.19. The van der Waals surface area contributed by atoms with Crippen LogP contribution in [0, 0.1) is 6.92 Å². The number of aromatic nitrogens is 1.